The second-order valence-corrected chi connectivity index (χ2v) is 4.28. The van der Waals surface area contributed by atoms with Gasteiger partial charge in [0.15, 0.2) is 0 Å². The molecule has 0 aliphatic rings. The van der Waals surface area contributed by atoms with Gasteiger partial charge in [0.25, 0.3) is 0 Å². The zero-order chi connectivity index (χ0) is 10.7. The molecule has 0 amide bonds. The van der Waals surface area contributed by atoms with Crippen molar-refractivity contribution in [3.8, 4) is 0 Å². The molecule has 1 N–H and O–H groups in total. The molecular formula is C12H14O2S. The van der Waals surface area contributed by atoms with Crippen LogP contribution in [0.2, 0.25) is 0 Å². The summed E-state index contributed by atoms with van der Waals surface area (Å²) in [6.45, 7) is 2.03. The number of rotatable bonds is 4. The SMILES string of the molecule is CCc1occc1C(O)Cc1ccsc1. The zero-order valence-corrected chi connectivity index (χ0v) is 9.46. The van der Waals surface area contributed by atoms with Gasteiger partial charge in [-0.15, -0.1) is 0 Å². The van der Waals surface area contributed by atoms with E-state index in [2.05, 4.69) is 5.38 Å². The third-order valence-electron chi connectivity index (χ3n) is 2.47. The van der Waals surface area contributed by atoms with Crippen LogP contribution < -0.4 is 0 Å². The second-order valence-electron chi connectivity index (χ2n) is 3.50. The Kier molecular flexibility index (Phi) is 3.23. The Balaban J connectivity index is 2.11. The van der Waals surface area contributed by atoms with Crippen molar-refractivity contribution in [1.29, 1.82) is 0 Å². The number of hydrogen-bond donors (Lipinski definition) is 1. The lowest BCUT2D eigenvalue weighted by molar-refractivity contribution is 0.176. The van der Waals surface area contributed by atoms with Crippen molar-refractivity contribution >= 4 is 11.3 Å². The highest BCUT2D eigenvalue weighted by Crippen LogP contribution is 2.24. The predicted molar refractivity (Wildman–Crippen MR) is 61.1 cm³/mol. The molecule has 0 spiro atoms. The van der Waals surface area contributed by atoms with E-state index in [1.54, 1.807) is 17.6 Å². The van der Waals surface area contributed by atoms with Crippen LogP contribution in [0, 0.1) is 0 Å². The van der Waals surface area contributed by atoms with Gasteiger partial charge in [-0.05, 0) is 28.5 Å². The summed E-state index contributed by atoms with van der Waals surface area (Å²) in [6.07, 6.45) is 2.68. The smallest absolute Gasteiger partial charge is 0.109 e. The largest absolute Gasteiger partial charge is 0.469 e. The molecule has 0 bridgehead atoms. The van der Waals surface area contributed by atoms with Gasteiger partial charge >= 0.3 is 0 Å². The highest BCUT2D eigenvalue weighted by atomic mass is 32.1. The third-order valence-corrected chi connectivity index (χ3v) is 3.20. The molecule has 3 heteroatoms. The fourth-order valence-electron chi connectivity index (χ4n) is 1.68. The van der Waals surface area contributed by atoms with Crippen LogP contribution in [0.15, 0.2) is 33.6 Å². The average molecular weight is 222 g/mol. The van der Waals surface area contributed by atoms with Crippen molar-refractivity contribution in [3.05, 3.63) is 46.0 Å². The molecule has 0 radical (unpaired) electrons. The van der Waals surface area contributed by atoms with E-state index >= 15 is 0 Å². The van der Waals surface area contributed by atoms with Crippen LogP contribution in [0.3, 0.4) is 0 Å². The average Bonchev–Trinajstić information content (AvgIpc) is 2.86. The molecule has 1 atom stereocenters. The Labute approximate surface area is 93.2 Å². The van der Waals surface area contributed by atoms with Gasteiger partial charge in [0.2, 0.25) is 0 Å². The predicted octanol–water partition coefficient (Wildman–Crippen LogP) is 3.18. The van der Waals surface area contributed by atoms with E-state index in [1.165, 1.54) is 5.56 Å². The van der Waals surface area contributed by atoms with Crippen LogP contribution in [0.25, 0.3) is 0 Å². The summed E-state index contributed by atoms with van der Waals surface area (Å²) in [4.78, 5) is 0. The van der Waals surface area contributed by atoms with Crippen LogP contribution in [0.4, 0.5) is 0 Å². The van der Waals surface area contributed by atoms with Gasteiger partial charge in [-0.3, -0.25) is 0 Å². The third kappa shape index (κ3) is 2.30. The van der Waals surface area contributed by atoms with E-state index in [-0.39, 0.29) is 0 Å². The molecule has 80 valence electrons. The Hall–Kier alpha value is -1.06. The summed E-state index contributed by atoms with van der Waals surface area (Å²) >= 11 is 1.65. The first kappa shape index (κ1) is 10.5. The van der Waals surface area contributed by atoms with Crippen molar-refractivity contribution in [2.75, 3.05) is 0 Å². The summed E-state index contributed by atoms with van der Waals surface area (Å²) < 4.78 is 5.30. The van der Waals surface area contributed by atoms with Gasteiger partial charge in [-0.1, -0.05) is 6.92 Å². The number of aliphatic hydroxyl groups excluding tert-OH is 1. The molecule has 15 heavy (non-hydrogen) atoms. The lowest BCUT2D eigenvalue weighted by Gasteiger charge is -2.08. The van der Waals surface area contributed by atoms with Crippen LogP contribution in [0.1, 0.15) is 29.9 Å². The van der Waals surface area contributed by atoms with E-state index in [1.807, 2.05) is 24.4 Å². The topological polar surface area (TPSA) is 33.4 Å². The van der Waals surface area contributed by atoms with Crippen molar-refractivity contribution in [3.63, 3.8) is 0 Å². The molecule has 2 rings (SSSR count). The molecule has 0 saturated heterocycles. The Morgan fingerprint density at radius 2 is 2.33 bits per heavy atom. The highest BCUT2D eigenvalue weighted by molar-refractivity contribution is 7.07. The minimum absolute atomic E-state index is 0.451. The molecule has 1 unspecified atom stereocenters. The molecule has 0 fully saturated rings. The molecule has 2 nitrogen and oxygen atoms in total. The first-order valence-corrected chi connectivity index (χ1v) is 6.01. The van der Waals surface area contributed by atoms with E-state index < -0.39 is 6.10 Å². The van der Waals surface area contributed by atoms with E-state index in [9.17, 15) is 5.11 Å². The van der Waals surface area contributed by atoms with Crippen LogP contribution in [-0.4, -0.2) is 5.11 Å². The maximum atomic E-state index is 10.0. The van der Waals surface area contributed by atoms with Gasteiger partial charge in [0.1, 0.15) is 5.76 Å². The van der Waals surface area contributed by atoms with E-state index in [4.69, 9.17) is 4.42 Å². The number of aryl methyl sites for hydroxylation is 1. The molecule has 2 heterocycles. The highest BCUT2D eigenvalue weighted by Gasteiger charge is 2.14. The summed E-state index contributed by atoms with van der Waals surface area (Å²) in [5, 5.41) is 14.1. The summed E-state index contributed by atoms with van der Waals surface area (Å²) in [5.41, 5.74) is 2.10. The first-order valence-electron chi connectivity index (χ1n) is 5.06. The van der Waals surface area contributed by atoms with Gasteiger partial charge in [-0.2, -0.15) is 11.3 Å². The van der Waals surface area contributed by atoms with Crippen molar-refractivity contribution < 1.29 is 9.52 Å². The Morgan fingerprint density at radius 3 is 3.00 bits per heavy atom. The van der Waals surface area contributed by atoms with Gasteiger partial charge < -0.3 is 9.52 Å². The van der Waals surface area contributed by atoms with Gasteiger partial charge in [0, 0.05) is 18.4 Å². The maximum Gasteiger partial charge on any atom is 0.109 e. The molecule has 0 aliphatic carbocycles. The number of thiophene rings is 1. The minimum atomic E-state index is -0.451. The fraction of sp³-hybridized carbons (Fsp3) is 0.333. The first-order chi connectivity index (χ1) is 7.31. The Bertz CT molecular complexity index is 403. The summed E-state index contributed by atoms with van der Waals surface area (Å²) in [6, 6.07) is 3.90. The van der Waals surface area contributed by atoms with Crippen molar-refractivity contribution in [1.82, 2.24) is 0 Å². The van der Waals surface area contributed by atoms with Crippen LogP contribution in [-0.2, 0) is 12.8 Å². The van der Waals surface area contributed by atoms with Crippen molar-refractivity contribution in [2.24, 2.45) is 0 Å². The monoisotopic (exact) mass is 222 g/mol. The van der Waals surface area contributed by atoms with E-state index in [0.717, 1.165) is 17.7 Å². The second kappa shape index (κ2) is 4.64. The fourth-order valence-corrected chi connectivity index (χ4v) is 2.36. The number of aliphatic hydroxyl groups is 1. The van der Waals surface area contributed by atoms with Gasteiger partial charge in [-0.25, -0.2) is 0 Å². The quantitative estimate of drug-likeness (QED) is 0.862. The minimum Gasteiger partial charge on any atom is -0.469 e. The van der Waals surface area contributed by atoms with Gasteiger partial charge in [0.05, 0.1) is 12.4 Å². The lowest BCUT2D eigenvalue weighted by atomic mass is 10.0. The lowest BCUT2D eigenvalue weighted by Crippen LogP contribution is -2.02. The zero-order valence-electron chi connectivity index (χ0n) is 8.64. The normalized spacial score (nSPS) is 12.9. The summed E-state index contributed by atoms with van der Waals surface area (Å²) in [7, 11) is 0. The molecular weight excluding hydrogens is 208 g/mol. The van der Waals surface area contributed by atoms with Crippen molar-refractivity contribution in [2.45, 2.75) is 25.9 Å². The van der Waals surface area contributed by atoms with Crippen LogP contribution >= 0.6 is 11.3 Å². The molecule has 2 aromatic rings. The number of furan rings is 1. The maximum absolute atomic E-state index is 10.0. The molecule has 0 aliphatic heterocycles. The molecule has 0 saturated carbocycles. The summed E-state index contributed by atoms with van der Waals surface area (Å²) in [5.74, 6) is 0.887. The molecule has 0 aromatic carbocycles. The molecule has 2 aromatic heterocycles. The number of hydrogen-bond acceptors (Lipinski definition) is 3. The van der Waals surface area contributed by atoms with Crippen LogP contribution in [0.5, 0.6) is 0 Å². The standard InChI is InChI=1S/C12H14O2S/c1-2-12-10(3-5-14-12)11(13)7-9-4-6-15-8-9/h3-6,8,11,13H,2,7H2,1H3. The van der Waals surface area contributed by atoms with E-state index in [0.29, 0.717) is 6.42 Å². The Morgan fingerprint density at radius 1 is 1.47 bits per heavy atom.